The van der Waals surface area contributed by atoms with E-state index in [1.165, 1.54) is 42.5 Å². The normalized spacial score (nSPS) is 15.9. The Bertz CT molecular complexity index is 776. The molecule has 28 heavy (non-hydrogen) atoms. The molecule has 1 aliphatic rings. The molecule has 6 heteroatoms. The summed E-state index contributed by atoms with van der Waals surface area (Å²) >= 11 is 0. The third kappa shape index (κ3) is 5.07. The van der Waals surface area contributed by atoms with E-state index in [0.717, 1.165) is 31.2 Å². The molecule has 0 spiro atoms. The van der Waals surface area contributed by atoms with Gasteiger partial charge in [-0.25, -0.2) is 0 Å². The van der Waals surface area contributed by atoms with E-state index in [2.05, 4.69) is 64.9 Å². The number of rotatable bonds is 6. The van der Waals surface area contributed by atoms with Crippen molar-refractivity contribution in [2.24, 2.45) is 12.0 Å². The van der Waals surface area contributed by atoms with Gasteiger partial charge in [-0.3, -0.25) is 9.67 Å². The molecule has 1 aromatic carbocycles. The molecular weight excluding hydrogens is 461 g/mol. The Morgan fingerprint density at radius 3 is 2.39 bits per heavy atom. The fraction of sp³-hybridized carbons (Fsp3) is 0.545. The Morgan fingerprint density at radius 2 is 1.82 bits per heavy atom. The Hall–Kier alpha value is -1.57. The zero-order valence-corrected chi connectivity index (χ0v) is 19.9. The highest BCUT2D eigenvalue weighted by Gasteiger charge is 2.35. The summed E-state index contributed by atoms with van der Waals surface area (Å²) in [7, 11) is 3.85. The van der Waals surface area contributed by atoms with Crippen molar-refractivity contribution in [1.29, 1.82) is 0 Å². The van der Waals surface area contributed by atoms with Gasteiger partial charge >= 0.3 is 0 Å². The molecule has 2 N–H and O–H groups in total. The molecule has 2 aromatic rings. The van der Waals surface area contributed by atoms with Gasteiger partial charge in [0.15, 0.2) is 5.96 Å². The van der Waals surface area contributed by atoms with Crippen LogP contribution in [0, 0.1) is 13.8 Å². The number of benzene rings is 1. The van der Waals surface area contributed by atoms with Crippen LogP contribution in [0.3, 0.4) is 0 Å². The van der Waals surface area contributed by atoms with E-state index in [-0.39, 0.29) is 29.4 Å². The minimum atomic E-state index is 0. The zero-order chi connectivity index (χ0) is 19.3. The minimum absolute atomic E-state index is 0. The molecule has 5 nitrogen and oxygen atoms in total. The first-order valence-corrected chi connectivity index (χ1v) is 10.0. The van der Waals surface area contributed by atoms with Crippen molar-refractivity contribution in [1.82, 2.24) is 20.4 Å². The number of aryl methyl sites for hydroxylation is 2. The van der Waals surface area contributed by atoms with Crippen LogP contribution in [0.1, 0.15) is 48.2 Å². The van der Waals surface area contributed by atoms with Crippen molar-refractivity contribution in [3.05, 3.63) is 52.8 Å². The molecule has 0 saturated heterocycles. The van der Waals surface area contributed by atoms with Gasteiger partial charge in [-0.15, -0.1) is 24.0 Å². The first kappa shape index (κ1) is 22.7. The van der Waals surface area contributed by atoms with Crippen LogP contribution < -0.4 is 10.6 Å². The second-order valence-electron chi connectivity index (χ2n) is 7.73. The molecule has 1 aliphatic carbocycles. The van der Waals surface area contributed by atoms with E-state index < -0.39 is 0 Å². The van der Waals surface area contributed by atoms with Crippen LogP contribution in [0.15, 0.2) is 35.3 Å². The topological polar surface area (TPSA) is 54.2 Å². The largest absolute Gasteiger partial charge is 0.356 e. The number of aliphatic imine (C=N–C) groups is 1. The molecule has 1 fully saturated rings. The molecule has 1 saturated carbocycles. The van der Waals surface area contributed by atoms with Crippen molar-refractivity contribution in [2.75, 3.05) is 20.1 Å². The quantitative estimate of drug-likeness (QED) is 0.364. The van der Waals surface area contributed by atoms with Gasteiger partial charge in [-0.05, 0) is 44.2 Å². The molecular formula is C22H34IN5. The van der Waals surface area contributed by atoms with Gasteiger partial charge in [-0.2, -0.15) is 5.10 Å². The molecule has 3 rings (SSSR count). The number of hydrogen-bond donors (Lipinski definition) is 2. The van der Waals surface area contributed by atoms with Crippen LogP contribution in [0.25, 0.3) is 0 Å². The molecule has 0 aliphatic heterocycles. The maximum Gasteiger partial charge on any atom is 0.191 e. The molecule has 154 valence electrons. The lowest BCUT2D eigenvalue weighted by Crippen LogP contribution is -2.45. The van der Waals surface area contributed by atoms with Crippen molar-refractivity contribution in [2.45, 2.75) is 51.4 Å². The number of aromatic nitrogens is 2. The predicted molar refractivity (Wildman–Crippen MR) is 128 cm³/mol. The lowest BCUT2D eigenvalue weighted by Gasteiger charge is -2.30. The Kier molecular flexibility index (Phi) is 8.34. The number of nitrogens with zero attached hydrogens (tertiary/aromatic N) is 3. The van der Waals surface area contributed by atoms with E-state index in [1.54, 1.807) is 0 Å². The first-order valence-electron chi connectivity index (χ1n) is 10.0. The van der Waals surface area contributed by atoms with Crippen LogP contribution in [0.4, 0.5) is 0 Å². The summed E-state index contributed by atoms with van der Waals surface area (Å²) in [4.78, 5) is 4.43. The van der Waals surface area contributed by atoms with E-state index in [0.29, 0.717) is 0 Å². The average Bonchev–Trinajstić information content (AvgIpc) is 3.26. The highest BCUT2D eigenvalue weighted by Crippen LogP contribution is 2.40. The van der Waals surface area contributed by atoms with Gasteiger partial charge in [0.2, 0.25) is 0 Å². The SMILES string of the molecule is CN=C(NCCc1c(C)nn(C)c1C)NCC1(c2ccccc2)CCCC1.I. The smallest absolute Gasteiger partial charge is 0.191 e. The fourth-order valence-corrected chi connectivity index (χ4v) is 4.37. The number of nitrogens with one attached hydrogen (secondary N) is 2. The number of hydrogen-bond acceptors (Lipinski definition) is 2. The fourth-order valence-electron chi connectivity index (χ4n) is 4.37. The summed E-state index contributed by atoms with van der Waals surface area (Å²) in [5.41, 5.74) is 5.37. The standard InChI is InChI=1S/C22H33N5.HI/c1-17-20(18(2)27(4)26-17)12-15-24-21(23-3)25-16-22(13-8-9-14-22)19-10-6-5-7-11-19;/h5-7,10-11H,8-9,12-16H2,1-4H3,(H2,23,24,25);1H. The van der Waals surface area contributed by atoms with Crippen LogP contribution in [0.2, 0.25) is 0 Å². The second kappa shape index (κ2) is 10.3. The van der Waals surface area contributed by atoms with Gasteiger partial charge < -0.3 is 10.6 Å². The van der Waals surface area contributed by atoms with E-state index in [4.69, 9.17) is 0 Å². The molecule has 0 atom stereocenters. The Balaban J connectivity index is 0.00000280. The van der Waals surface area contributed by atoms with Crippen LogP contribution in [0.5, 0.6) is 0 Å². The van der Waals surface area contributed by atoms with Crippen LogP contribution >= 0.6 is 24.0 Å². The summed E-state index contributed by atoms with van der Waals surface area (Å²) in [5, 5.41) is 11.6. The van der Waals surface area contributed by atoms with E-state index in [1.807, 2.05) is 18.8 Å². The summed E-state index contributed by atoms with van der Waals surface area (Å²) in [6.07, 6.45) is 6.06. The van der Waals surface area contributed by atoms with Crippen molar-refractivity contribution >= 4 is 29.9 Å². The molecule has 0 amide bonds. The van der Waals surface area contributed by atoms with Gasteiger partial charge in [0.1, 0.15) is 0 Å². The third-order valence-electron chi connectivity index (χ3n) is 6.09. The van der Waals surface area contributed by atoms with Gasteiger partial charge in [0.25, 0.3) is 0 Å². The zero-order valence-electron chi connectivity index (χ0n) is 17.6. The molecule has 0 bridgehead atoms. The third-order valence-corrected chi connectivity index (χ3v) is 6.09. The number of guanidine groups is 1. The molecule has 1 aromatic heterocycles. The monoisotopic (exact) mass is 495 g/mol. The Labute approximate surface area is 186 Å². The maximum absolute atomic E-state index is 4.50. The van der Waals surface area contributed by atoms with E-state index in [9.17, 15) is 0 Å². The highest BCUT2D eigenvalue weighted by atomic mass is 127. The van der Waals surface area contributed by atoms with E-state index >= 15 is 0 Å². The molecule has 1 heterocycles. The van der Waals surface area contributed by atoms with Crippen LogP contribution in [-0.2, 0) is 18.9 Å². The number of halogens is 1. The average molecular weight is 495 g/mol. The minimum Gasteiger partial charge on any atom is -0.356 e. The first-order chi connectivity index (χ1) is 13.1. The van der Waals surface area contributed by atoms with Gasteiger partial charge in [0, 0.05) is 38.3 Å². The summed E-state index contributed by atoms with van der Waals surface area (Å²) in [6, 6.07) is 11.0. The van der Waals surface area contributed by atoms with Crippen molar-refractivity contribution < 1.29 is 0 Å². The Morgan fingerprint density at radius 1 is 1.14 bits per heavy atom. The summed E-state index contributed by atoms with van der Waals surface area (Å²) in [6.45, 7) is 6.00. The van der Waals surface area contributed by atoms with Crippen molar-refractivity contribution in [3.8, 4) is 0 Å². The summed E-state index contributed by atoms with van der Waals surface area (Å²) < 4.78 is 1.96. The molecule has 0 radical (unpaired) electrons. The highest BCUT2D eigenvalue weighted by molar-refractivity contribution is 14.0. The summed E-state index contributed by atoms with van der Waals surface area (Å²) in [5.74, 6) is 0.886. The lowest BCUT2D eigenvalue weighted by molar-refractivity contribution is 0.432. The predicted octanol–water partition coefficient (Wildman–Crippen LogP) is 3.87. The lowest BCUT2D eigenvalue weighted by atomic mass is 9.79. The van der Waals surface area contributed by atoms with Gasteiger partial charge in [0.05, 0.1) is 5.69 Å². The second-order valence-corrected chi connectivity index (χ2v) is 7.73. The van der Waals surface area contributed by atoms with Crippen LogP contribution in [-0.4, -0.2) is 35.9 Å². The molecule has 0 unspecified atom stereocenters. The maximum atomic E-state index is 4.50. The van der Waals surface area contributed by atoms with Crippen molar-refractivity contribution in [3.63, 3.8) is 0 Å². The van der Waals surface area contributed by atoms with Gasteiger partial charge in [-0.1, -0.05) is 43.2 Å².